The number of likely N-dealkylation sites (tertiary alicyclic amines) is 1. The molecule has 0 radical (unpaired) electrons. The average Bonchev–Trinajstić information content (AvgIpc) is 3.28. The second kappa shape index (κ2) is 11.1. The number of amides is 1. The summed E-state index contributed by atoms with van der Waals surface area (Å²) in [7, 11) is 0. The van der Waals surface area contributed by atoms with Crippen molar-refractivity contribution in [3.63, 3.8) is 0 Å². The van der Waals surface area contributed by atoms with Crippen LogP contribution in [0.3, 0.4) is 0 Å². The summed E-state index contributed by atoms with van der Waals surface area (Å²) in [5.41, 5.74) is 6.27. The molecule has 1 fully saturated rings. The Balaban J connectivity index is 1.29. The monoisotopic (exact) mass is 479 g/mol. The van der Waals surface area contributed by atoms with Gasteiger partial charge in [-0.3, -0.25) is 9.69 Å². The number of benzene rings is 3. The first-order chi connectivity index (χ1) is 17.6. The summed E-state index contributed by atoms with van der Waals surface area (Å²) in [6.07, 6.45) is 4.72. The first-order valence-corrected chi connectivity index (χ1v) is 13.3. The number of piperidine rings is 1. The number of aromatic nitrogens is 1. The van der Waals surface area contributed by atoms with E-state index in [0.717, 1.165) is 39.0 Å². The number of hydrogen-bond acceptors (Lipinski definition) is 2. The molecular formula is C32H37N3O. The number of hydrogen-bond donors (Lipinski definition) is 1. The van der Waals surface area contributed by atoms with Crippen LogP contribution in [0.5, 0.6) is 0 Å². The van der Waals surface area contributed by atoms with Crippen molar-refractivity contribution in [3.05, 3.63) is 107 Å². The molecule has 36 heavy (non-hydrogen) atoms. The van der Waals surface area contributed by atoms with Crippen LogP contribution >= 0.6 is 0 Å². The van der Waals surface area contributed by atoms with E-state index in [9.17, 15) is 4.79 Å². The molecule has 3 aromatic carbocycles. The zero-order chi connectivity index (χ0) is 24.9. The van der Waals surface area contributed by atoms with Crippen LogP contribution in [0, 0.1) is 6.92 Å². The smallest absolute Gasteiger partial charge is 0.221 e. The molecule has 5 rings (SSSR count). The summed E-state index contributed by atoms with van der Waals surface area (Å²) < 4.78 is 2.30. The topological polar surface area (TPSA) is 37.3 Å². The van der Waals surface area contributed by atoms with Crippen LogP contribution in [-0.2, 0) is 17.9 Å². The SMILES string of the molecule is CCn1cc([C@H](CC(=O)NC2CCN(Cc3ccccc3)CC2)c2ccc(C)cc2)c2ccccc21. The number of carbonyl (C=O) groups excluding carboxylic acids is 1. The zero-order valence-electron chi connectivity index (χ0n) is 21.5. The number of carbonyl (C=O) groups is 1. The van der Waals surface area contributed by atoms with Gasteiger partial charge < -0.3 is 9.88 Å². The maximum Gasteiger partial charge on any atom is 0.221 e. The standard InChI is InChI=1S/C32H37N3O/c1-3-35-23-30(28-11-7-8-12-31(28)35)29(26-15-13-24(2)14-16-26)21-32(36)33-27-17-19-34(20-18-27)22-25-9-5-4-6-10-25/h4-16,23,27,29H,3,17-22H2,1-2H3,(H,33,36)/t29-/m1/s1. The number of rotatable bonds is 8. The molecule has 0 bridgehead atoms. The predicted molar refractivity (Wildman–Crippen MR) is 148 cm³/mol. The second-order valence-electron chi connectivity index (χ2n) is 10.2. The van der Waals surface area contributed by atoms with E-state index in [4.69, 9.17) is 0 Å². The van der Waals surface area contributed by atoms with Crippen molar-refractivity contribution in [2.24, 2.45) is 0 Å². The van der Waals surface area contributed by atoms with Gasteiger partial charge in [0.2, 0.25) is 5.91 Å². The minimum atomic E-state index is 0.0291. The number of nitrogens with one attached hydrogen (secondary N) is 1. The molecule has 1 atom stereocenters. The first kappa shape index (κ1) is 24.3. The van der Waals surface area contributed by atoms with Gasteiger partial charge in [0, 0.05) is 61.7 Å². The van der Waals surface area contributed by atoms with Crippen LogP contribution in [0.2, 0.25) is 0 Å². The summed E-state index contributed by atoms with van der Waals surface area (Å²) in [6, 6.07) is 28.1. The molecule has 1 aliphatic heterocycles. The van der Waals surface area contributed by atoms with E-state index in [1.54, 1.807) is 0 Å². The van der Waals surface area contributed by atoms with Crippen LogP contribution in [0.4, 0.5) is 0 Å². The van der Waals surface area contributed by atoms with Gasteiger partial charge >= 0.3 is 0 Å². The van der Waals surface area contributed by atoms with E-state index in [1.807, 2.05) is 0 Å². The van der Waals surface area contributed by atoms with Gasteiger partial charge in [0.05, 0.1) is 0 Å². The third kappa shape index (κ3) is 5.55. The highest BCUT2D eigenvalue weighted by Gasteiger charge is 2.25. The Hall–Kier alpha value is -3.37. The molecule has 1 amide bonds. The lowest BCUT2D eigenvalue weighted by Crippen LogP contribution is -2.44. The van der Waals surface area contributed by atoms with Crippen LogP contribution in [0.15, 0.2) is 85.1 Å². The quantitative estimate of drug-likeness (QED) is 0.323. The molecule has 4 aromatic rings. The molecule has 0 unspecified atom stereocenters. The van der Waals surface area contributed by atoms with Crippen LogP contribution in [0.1, 0.15) is 54.4 Å². The minimum Gasteiger partial charge on any atom is -0.353 e. The molecule has 0 spiro atoms. The molecule has 1 N–H and O–H groups in total. The average molecular weight is 480 g/mol. The molecule has 0 saturated carbocycles. The lowest BCUT2D eigenvalue weighted by atomic mass is 9.87. The van der Waals surface area contributed by atoms with Gasteiger partial charge in [0.15, 0.2) is 0 Å². The molecular weight excluding hydrogens is 442 g/mol. The Morgan fingerprint density at radius 1 is 0.944 bits per heavy atom. The van der Waals surface area contributed by atoms with E-state index >= 15 is 0 Å². The number of nitrogens with zero attached hydrogens (tertiary/aromatic N) is 2. The summed E-state index contributed by atoms with van der Waals surface area (Å²) in [5, 5.41) is 4.62. The highest BCUT2D eigenvalue weighted by Crippen LogP contribution is 2.35. The van der Waals surface area contributed by atoms with Gasteiger partial charge in [-0.25, -0.2) is 0 Å². The normalized spacial score (nSPS) is 15.7. The van der Waals surface area contributed by atoms with Crippen molar-refractivity contribution in [2.45, 2.75) is 58.2 Å². The van der Waals surface area contributed by atoms with E-state index in [-0.39, 0.29) is 17.9 Å². The highest BCUT2D eigenvalue weighted by atomic mass is 16.1. The Bertz CT molecular complexity index is 1280. The number of para-hydroxylation sites is 1. The van der Waals surface area contributed by atoms with Gasteiger partial charge in [0.25, 0.3) is 0 Å². The van der Waals surface area contributed by atoms with Crippen molar-refractivity contribution in [1.29, 1.82) is 0 Å². The third-order valence-corrected chi connectivity index (χ3v) is 7.61. The van der Waals surface area contributed by atoms with Gasteiger partial charge in [-0.2, -0.15) is 0 Å². The van der Waals surface area contributed by atoms with Crippen LogP contribution < -0.4 is 5.32 Å². The van der Waals surface area contributed by atoms with Gasteiger partial charge in [-0.05, 0) is 49.4 Å². The number of aryl methyl sites for hydroxylation is 2. The van der Waals surface area contributed by atoms with Crippen LogP contribution in [0.25, 0.3) is 10.9 Å². The van der Waals surface area contributed by atoms with E-state index < -0.39 is 0 Å². The molecule has 1 aromatic heterocycles. The van der Waals surface area contributed by atoms with Crippen molar-refractivity contribution >= 4 is 16.8 Å². The fourth-order valence-corrected chi connectivity index (χ4v) is 5.57. The molecule has 2 heterocycles. The van der Waals surface area contributed by atoms with Crippen molar-refractivity contribution < 1.29 is 4.79 Å². The molecule has 0 aliphatic carbocycles. The maximum absolute atomic E-state index is 13.4. The van der Waals surface area contributed by atoms with Gasteiger partial charge in [-0.15, -0.1) is 0 Å². The Labute approximate surface area is 214 Å². The fraction of sp³-hybridized carbons (Fsp3) is 0.344. The Kier molecular flexibility index (Phi) is 7.52. The van der Waals surface area contributed by atoms with E-state index in [2.05, 4.69) is 114 Å². The molecule has 186 valence electrons. The van der Waals surface area contributed by atoms with E-state index in [1.165, 1.54) is 33.2 Å². The lowest BCUT2D eigenvalue weighted by molar-refractivity contribution is -0.122. The molecule has 1 saturated heterocycles. The highest BCUT2D eigenvalue weighted by molar-refractivity contribution is 5.86. The first-order valence-electron chi connectivity index (χ1n) is 13.3. The predicted octanol–water partition coefficient (Wildman–Crippen LogP) is 6.27. The Morgan fingerprint density at radius 3 is 2.36 bits per heavy atom. The van der Waals surface area contributed by atoms with Gasteiger partial charge in [0.1, 0.15) is 0 Å². The maximum atomic E-state index is 13.4. The Morgan fingerprint density at radius 2 is 1.64 bits per heavy atom. The zero-order valence-corrected chi connectivity index (χ0v) is 21.5. The van der Waals surface area contributed by atoms with Crippen molar-refractivity contribution in [1.82, 2.24) is 14.8 Å². The largest absolute Gasteiger partial charge is 0.353 e. The number of fused-ring (bicyclic) bond motifs is 1. The lowest BCUT2D eigenvalue weighted by Gasteiger charge is -2.32. The second-order valence-corrected chi connectivity index (χ2v) is 10.2. The van der Waals surface area contributed by atoms with Crippen molar-refractivity contribution in [2.75, 3.05) is 13.1 Å². The molecule has 4 heteroatoms. The van der Waals surface area contributed by atoms with E-state index in [0.29, 0.717) is 6.42 Å². The summed E-state index contributed by atoms with van der Waals surface area (Å²) >= 11 is 0. The van der Waals surface area contributed by atoms with Gasteiger partial charge in [-0.1, -0.05) is 78.4 Å². The summed E-state index contributed by atoms with van der Waals surface area (Å²) in [5.74, 6) is 0.178. The van der Waals surface area contributed by atoms with Crippen molar-refractivity contribution in [3.8, 4) is 0 Å². The fourth-order valence-electron chi connectivity index (χ4n) is 5.57. The minimum absolute atomic E-state index is 0.0291. The summed E-state index contributed by atoms with van der Waals surface area (Å²) in [4.78, 5) is 15.9. The molecule has 1 aliphatic rings. The molecule has 4 nitrogen and oxygen atoms in total. The van der Waals surface area contributed by atoms with Crippen LogP contribution in [-0.4, -0.2) is 34.5 Å². The summed E-state index contributed by atoms with van der Waals surface area (Å²) in [6.45, 7) is 8.22. The third-order valence-electron chi connectivity index (χ3n) is 7.61.